The number of hydrogen-bond acceptors (Lipinski definition) is 3. The minimum atomic E-state index is -4.35. The molecule has 0 amide bonds. The lowest BCUT2D eigenvalue weighted by atomic mass is 9.84. The minimum absolute atomic E-state index is 0.139. The van der Waals surface area contributed by atoms with Crippen LogP contribution in [0.1, 0.15) is 39.5 Å². The van der Waals surface area contributed by atoms with Gasteiger partial charge in [0.15, 0.2) is 0 Å². The van der Waals surface area contributed by atoms with Crippen LogP contribution in [0.15, 0.2) is 0 Å². The van der Waals surface area contributed by atoms with Crippen molar-refractivity contribution in [3.05, 3.63) is 0 Å². The molecule has 0 spiro atoms. The van der Waals surface area contributed by atoms with Crippen LogP contribution >= 0.6 is 7.60 Å². The lowest BCUT2D eigenvalue weighted by molar-refractivity contribution is 0.275. The Kier molecular flexibility index (Phi) is 5.68. The molecule has 2 N–H and O–H groups in total. The molecule has 5 nitrogen and oxygen atoms in total. The Bertz CT molecular complexity index is 346. The van der Waals surface area contributed by atoms with Crippen molar-refractivity contribution in [2.75, 3.05) is 0 Å². The molecule has 0 rings (SSSR count). The van der Waals surface area contributed by atoms with Crippen LogP contribution in [0.4, 0.5) is 0 Å². The lowest BCUT2D eigenvalue weighted by Crippen LogP contribution is -2.36. The second kappa shape index (κ2) is 6.01. The molecule has 0 radical (unpaired) electrons. The normalized spacial score (nSPS) is 13.9. The summed E-state index contributed by atoms with van der Waals surface area (Å²) < 4.78 is 11.5. The molecule has 0 heterocycles. The van der Waals surface area contributed by atoms with Gasteiger partial charge in [0.1, 0.15) is 0 Å². The summed E-state index contributed by atoms with van der Waals surface area (Å²) in [7, 11) is -4.35. The van der Waals surface area contributed by atoms with Crippen molar-refractivity contribution < 1.29 is 14.4 Å². The number of hydrogen-bond donors (Lipinski definition) is 2. The van der Waals surface area contributed by atoms with Gasteiger partial charge in [-0.15, -0.1) is 0 Å². The summed E-state index contributed by atoms with van der Waals surface area (Å²) in [6.45, 7) is 3.33. The summed E-state index contributed by atoms with van der Waals surface area (Å²) in [5.74, 6) is -0.775. The standard InChI is InChI=1S/C10H17N2O3P/c1-3-10(4-2,16(13,14)15)9(8-12)6-5-7-11/h9H,3-6H2,1-2H3,(H2,13,14,15). The molecule has 0 saturated carbocycles. The molecule has 1 unspecified atom stereocenters. The molecule has 0 aliphatic rings. The smallest absolute Gasteiger partial charge is 0.324 e. The maximum atomic E-state index is 11.5. The third kappa shape index (κ3) is 2.83. The lowest BCUT2D eigenvalue weighted by Gasteiger charge is -2.35. The Morgan fingerprint density at radius 1 is 1.31 bits per heavy atom. The van der Waals surface area contributed by atoms with Crippen molar-refractivity contribution in [1.29, 1.82) is 10.5 Å². The molecule has 6 heteroatoms. The highest BCUT2D eigenvalue weighted by Crippen LogP contribution is 2.59. The first-order valence-corrected chi connectivity index (χ1v) is 6.83. The summed E-state index contributed by atoms with van der Waals surface area (Å²) in [6, 6.07) is 3.84. The van der Waals surface area contributed by atoms with Crippen LogP contribution in [-0.2, 0) is 4.57 Å². The Morgan fingerprint density at radius 3 is 2.06 bits per heavy atom. The predicted octanol–water partition coefficient (Wildman–Crippen LogP) is 2.17. The summed E-state index contributed by atoms with van der Waals surface area (Å²) in [6.07, 6.45) is 0.814. The highest BCUT2D eigenvalue weighted by molar-refractivity contribution is 7.53. The van der Waals surface area contributed by atoms with Gasteiger partial charge in [-0.05, 0) is 19.3 Å². The van der Waals surface area contributed by atoms with Gasteiger partial charge in [0, 0.05) is 6.42 Å². The molecular formula is C10H17N2O3P. The number of rotatable bonds is 6. The molecule has 0 saturated heterocycles. The van der Waals surface area contributed by atoms with E-state index < -0.39 is 18.7 Å². The van der Waals surface area contributed by atoms with Crippen molar-refractivity contribution >= 4 is 7.60 Å². The molecule has 1 atom stereocenters. The van der Waals surface area contributed by atoms with E-state index in [1.807, 2.05) is 12.1 Å². The molecular weight excluding hydrogens is 227 g/mol. The monoisotopic (exact) mass is 244 g/mol. The van der Waals surface area contributed by atoms with Gasteiger partial charge in [-0.2, -0.15) is 10.5 Å². The zero-order valence-electron chi connectivity index (χ0n) is 9.55. The van der Waals surface area contributed by atoms with Crippen LogP contribution in [0, 0.1) is 28.6 Å². The molecule has 0 aromatic rings. The fourth-order valence-electron chi connectivity index (χ4n) is 2.02. The van der Waals surface area contributed by atoms with Crippen LogP contribution in [0.5, 0.6) is 0 Å². The zero-order valence-corrected chi connectivity index (χ0v) is 10.4. The van der Waals surface area contributed by atoms with Crippen LogP contribution in [0.2, 0.25) is 0 Å². The average molecular weight is 244 g/mol. The van der Waals surface area contributed by atoms with E-state index in [1.165, 1.54) is 0 Å². The highest BCUT2D eigenvalue weighted by Gasteiger charge is 2.49. The number of nitrogens with zero attached hydrogens (tertiary/aromatic N) is 2. The van der Waals surface area contributed by atoms with E-state index in [1.54, 1.807) is 13.8 Å². The summed E-state index contributed by atoms with van der Waals surface area (Å²) >= 11 is 0. The molecule has 0 aliphatic carbocycles. The maximum Gasteiger partial charge on any atom is 0.332 e. The van der Waals surface area contributed by atoms with E-state index in [-0.39, 0.29) is 25.7 Å². The van der Waals surface area contributed by atoms with Gasteiger partial charge in [-0.3, -0.25) is 4.57 Å². The Morgan fingerprint density at radius 2 is 1.81 bits per heavy atom. The van der Waals surface area contributed by atoms with Crippen LogP contribution < -0.4 is 0 Å². The Balaban J connectivity index is 5.26. The van der Waals surface area contributed by atoms with E-state index in [4.69, 9.17) is 10.5 Å². The molecule has 0 aliphatic heterocycles. The first-order valence-electron chi connectivity index (χ1n) is 5.21. The van der Waals surface area contributed by atoms with Gasteiger partial charge in [0.2, 0.25) is 0 Å². The molecule has 0 fully saturated rings. The van der Waals surface area contributed by atoms with Gasteiger partial charge < -0.3 is 9.79 Å². The fraction of sp³-hybridized carbons (Fsp3) is 0.800. The van der Waals surface area contributed by atoms with Crippen LogP contribution in [0.3, 0.4) is 0 Å². The molecule has 0 aromatic heterocycles. The van der Waals surface area contributed by atoms with Crippen molar-refractivity contribution in [3.8, 4) is 12.1 Å². The summed E-state index contributed by atoms with van der Waals surface area (Å²) in [4.78, 5) is 18.8. The molecule has 16 heavy (non-hydrogen) atoms. The third-order valence-electron chi connectivity index (χ3n) is 3.15. The van der Waals surface area contributed by atoms with Crippen LogP contribution in [-0.4, -0.2) is 14.9 Å². The van der Waals surface area contributed by atoms with Crippen LogP contribution in [0.25, 0.3) is 0 Å². The van der Waals surface area contributed by atoms with E-state index >= 15 is 0 Å². The van der Waals surface area contributed by atoms with Crippen molar-refractivity contribution in [2.24, 2.45) is 5.92 Å². The van der Waals surface area contributed by atoms with Gasteiger partial charge >= 0.3 is 7.60 Å². The second-order valence-electron chi connectivity index (χ2n) is 3.73. The number of nitriles is 2. The molecule has 0 aromatic carbocycles. The van der Waals surface area contributed by atoms with Gasteiger partial charge in [0.05, 0.1) is 23.2 Å². The van der Waals surface area contributed by atoms with Gasteiger partial charge in [-0.1, -0.05) is 13.8 Å². The Labute approximate surface area is 95.9 Å². The topological polar surface area (TPSA) is 105 Å². The maximum absolute atomic E-state index is 11.5. The molecule has 90 valence electrons. The predicted molar refractivity (Wildman–Crippen MR) is 59.3 cm³/mol. The fourth-order valence-corrected chi connectivity index (χ4v) is 3.44. The Hall–Kier alpha value is -0.870. The highest BCUT2D eigenvalue weighted by atomic mass is 31.2. The van der Waals surface area contributed by atoms with Crippen molar-refractivity contribution in [2.45, 2.75) is 44.7 Å². The first-order chi connectivity index (χ1) is 7.39. The van der Waals surface area contributed by atoms with Gasteiger partial charge in [-0.25, -0.2) is 0 Å². The van der Waals surface area contributed by atoms with E-state index in [9.17, 15) is 14.4 Å². The SMILES string of the molecule is CCC(CC)(C(C#N)CCC#N)P(=O)(O)O. The second-order valence-corrected chi connectivity index (χ2v) is 5.71. The minimum Gasteiger partial charge on any atom is -0.324 e. The largest absolute Gasteiger partial charge is 0.332 e. The third-order valence-corrected chi connectivity index (χ3v) is 5.26. The zero-order chi connectivity index (χ0) is 12.8. The van der Waals surface area contributed by atoms with Crippen molar-refractivity contribution in [3.63, 3.8) is 0 Å². The quantitative estimate of drug-likeness (QED) is 0.696. The summed E-state index contributed by atoms with van der Waals surface area (Å²) in [5, 5.41) is 16.2. The van der Waals surface area contributed by atoms with E-state index in [0.717, 1.165) is 0 Å². The van der Waals surface area contributed by atoms with E-state index in [2.05, 4.69) is 0 Å². The van der Waals surface area contributed by atoms with Crippen molar-refractivity contribution in [1.82, 2.24) is 0 Å². The average Bonchev–Trinajstić information content (AvgIpc) is 2.22. The first kappa shape index (κ1) is 15.1. The van der Waals surface area contributed by atoms with Gasteiger partial charge in [0.25, 0.3) is 0 Å². The molecule has 0 bridgehead atoms. The summed E-state index contributed by atoms with van der Waals surface area (Å²) in [5.41, 5.74) is 0. The van der Waals surface area contributed by atoms with E-state index in [0.29, 0.717) is 0 Å².